The molecule has 0 fully saturated rings. The lowest BCUT2D eigenvalue weighted by atomic mass is 10.4. The van der Waals surface area contributed by atoms with Gasteiger partial charge in [-0.25, -0.2) is 8.42 Å². The van der Waals surface area contributed by atoms with Crippen molar-refractivity contribution in [1.29, 1.82) is 0 Å². The van der Waals surface area contributed by atoms with Gasteiger partial charge in [0.2, 0.25) is 0 Å². The van der Waals surface area contributed by atoms with Gasteiger partial charge in [-0.05, 0) is 48.5 Å². The first-order chi connectivity index (χ1) is 11.8. The molecular formula is C16H14Cl4O2S3. The maximum absolute atomic E-state index is 12.4. The van der Waals surface area contributed by atoms with E-state index in [2.05, 4.69) is 0 Å². The number of thioether (sulfide) groups is 2. The smallest absolute Gasteiger partial charge is 0.185 e. The Morgan fingerprint density at radius 2 is 1.04 bits per heavy atom. The van der Waals surface area contributed by atoms with Gasteiger partial charge in [-0.3, -0.25) is 0 Å². The van der Waals surface area contributed by atoms with Crippen LogP contribution in [0.15, 0.2) is 58.3 Å². The number of benzene rings is 2. The molecule has 0 saturated carbocycles. The second-order valence-corrected chi connectivity index (χ2v) is 11.9. The maximum Gasteiger partial charge on any atom is 0.185 e. The highest BCUT2D eigenvalue weighted by Crippen LogP contribution is 2.29. The van der Waals surface area contributed by atoms with Crippen molar-refractivity contribution in [2.75, 3.05) is 11.5 Å². The normalized spacial score (nSPS) is 14.2. The third kappa shape index (κ3) is 6.73. The van der Waals surface area contributed by atoms with Crippen LogP contribution in [0.2, 0.25) is 10.0 Å². The predicted octanol–water partition coefficient (Wildman–Crippen LogP) is 6.42. The van der Waals surface area contributed by atoms with Crippen LogP contribution in [0.5, 0.6) is 0 Å². The summed E-state index contributed by atoms with van der Waals surface area (Å²) in [6.07, 6.45) is 0. The van der Waals surface area contributed by atoms with Gasteiger partial charge in [-0.15, -0.1) is 46.7 Å². The van der Waals surface area contributed by atoms with Gasteiger partial charge in [0.05, 0.1) is 0 Å². The summed E-state index contributed by atoms with van der Waals surface area (Å²) in [4.78, 5) is 1.79. The molecule has 0 spiro atoms. The summed E-state index contributed by atoms with van der Waals surface area (Å²) in [6, 6.07) is 14.2. The summed E-state index contributed by atoms with van der Waals surface area (Å²) >= 11 is 26.6. The zero-order valence-electron chi connectivity index (χ0n) is 12.7. The van der Waals surface area contributed by atoms with Crippen LogP contribution in [0.4, 0.5) is 0 Å². The number of sulfone groups is 1. The van der Waals surface area contributed by atoms with Crippen LogP contribution in [0.1, 0.15) is 0 Å². The Morgan fingerprint density at radius 3 is 1.36 bits per heavy atom. The van der Waals surface area contributed by atoms with E-state index >= 15 is 0 Å². The molecule has 2 nitrogen and oxygen atoms in total. The van der Waals surface area contributed by atoms with Crippen molar-refractivity contribution in [1.82, 2.24) is 0 Å². The van der Waals surface area contributed by atoms with Crippen molar-refractivity contribution >= 4 is 79.8 Å². The van der Waals surface area contributed by atoms with E-state index in [4.69, 9.17) is 46.4 Å². The Morgan fingerprint density at radius 1 is 0.720 bits per heavy atom. The van der Waals surface area contributed by atoms with Crippen molar-refractivity contribution in [3.05, 3.63) is 58.6 Å². The van der Waals surface area contributed by atoms with E-state index in [1.165, 1.54) is 23.5 Å². The molecule has 2 rings (SSSR count). The van der Waals surface area contributed by atoms with E-state index in [9.17, 15) is 8.42 Å². The van der Waals surface area contributed by atoms with Gasteiger partial charge in [0.25, 0.3) is 0 Å². The van der Waals surface area contributed by atoms with Gasteiger partial charge in [0, 0.05) is 31.3 Å². The molecule has 0 aromatic heterocycles. The van der Waals surface area contributed by atoms with Gasteiger partial charge in [-0.2, -0.15) is 0 Å². The molecule has 0 amide bonds. The largest absolute Gasteiger partial charge is 0.226 e. The molecule has 0 heterocycles. The molecule has 136 valence electrons. The number of hydrogen-bond acceptors (Lipinski definition) is 4. The summed E-state index contributed by atoms with van der Waals surface area (Å²) in [5, 5.41) is 1.25. The zero-order chi connectivity index (χ0) is 18.4. The fraction of sp³-hybridized carbons (Fsp3) is 0.250. The highest BCUT2D eigenvalue weighted by molar-refractivity contribution is 8.03. The fourth-order valence-corrected chi connectivity index (χ4v) is 6.82. The van der Waals surface area contributed by atoms with E-state index in [-0.39, 0.29) is 11.5 Å². The van der Waals surface area contributed by atoms with Gasteiger partial charge in [0.1, 0.15) is 9.42 Å². The molecule has 0 aliphatic rings. The lowest BCUT2D eigenvalue weighted by molar-refractivity contribution is 0.593. The molecule has 25 heavy (non-hydrogen) atoms. The van der Waals surface area contributed by atoms with E-state index in [1.807, 2.05) is 24.3 Å². The number of halogens is 4. The van der Waals surface area contributed by atoms with Crippen molar-refractivity contribution < 1.29 is 8.42 Å². The van der Waals surface area contributed by atoms with E-state index in [1.54, 1.807) is 24.3 Å². The minimum atomic E-state index is -3.66. The fourth-order valence-electron chi connectivity index (χ4n) is 1.74. The second kappa shape index (κ2) is 9.98. The van der Waals surface area contributed by atoms with Crippen molar-refractivity contribution in [3.63, 3.8) is 0 Å². The summed E-state index contributed by atoms with van der Waals surface area (Å²) in [5.41, 5.74) is 0. The first kappa shape index (κ1) is 21.5. The van der Waals surface area contributed by atoms with Gasteiger partial charge in [0.15, 0.2) is 9.84 Å². The summed E-state index contributed by atoms with van der Waals surface area (Å²) in [6.45, 7) is 0. The molecule has 0 aliphatic carbocycles. The minimum Gasteiger partial charge on any atom is -0.226 e. The average Bonchev–Trinajstić information content (AvgIpc) is 2.60. The van der Waals surface area contributed by atoms with Crippen LogP contribution in [-0.4, -0.2) is 29.3 Å². The summed E-state index contributed by atoms with van der Waals surface area (Å²) in [5.74, 6) is 0.417. The Labute approximate surface area is 176 Å². The van der Waals surface area contributed by atoms with E-state index in [0.717, 1.165) is 9.79 Å². The zero-order valence-corrected chi connectivity index (χ0v) is 18.2. The van der Waals surface area contributed by atoms with Crippen LogP contribution in [-0.2, 0) is 9.84 Å². The number of hydrogen-bond donors (Lipinski definition) is 0. The van der Waals surface area contributed by atoms with Gasteiger partial charge < -0.3 is 0 Å². The quantitative estimate of drug-likeness (QED) is 0.325. The molecule has 0 aliphatic heterocycles. The van der Waals surface area contributed by atoms with Crippen molar-refractivity contribution in [3.8, 4) is 0 Å². The minimum absolute atomic E-state index is 0.209. The first-order valence-electron chi connectivity index (χ1n) is 7.06. The third-order valence-corrected chi connectivity index (χ3v) is 10.2. The topological polar surface area (TPSA) is 34.1 Å². The van der Waals surface area contributed by atoms with Gasteiger partial charge >= 0.3 is 0 Å². The molecule has 9 heteroatoms. The first-order valence-corrected chi connectivity index (χ1v) is 12.3. The molecule has 0 radical (unpaired) electrons. The molecule has 2 aromatic carbocycles. The molecular weight excluding hydrogens is 462 g/mol. The average molecular weight is 476 g/mol. The van der Waals surface area contributed by atoms with Crippen LogP contribution in [0.3, 0.4) is 0 Å². The standard InChI is InChI=1S/C16H14Cl4O2S3/c17-11-1-5-13(6-2-11)23-9-15(19)25(21,22)16(20)10-24-14-7-3-12(18)4-8-14/h1-8,15-16H,9-10H2. The monoisotopic (exact) mass is 474 g/mol. The van der Waals surface area contributed by atoms with Crippen LogP contribution >= 0.6 is 69.9 Å². The lowest BCUT2D eigenvalue weighted by Crippen LogP contribution is -2.28. The SMILES string of the molecule is O=S(=O)(C(Cl)CSc1ccc(Cl)cc1)C(Cl)CSc1ccc(Cl)cc1. The molecule has 2 aromatic rings. The third-order valence-electron chi connectivity index (χ3n) is 3.10. The highest BCUT2D eigenvalue weighted by atomic mass is 35.5. The van der Waals surface area contributed by atoms with Crippen molar-refractivity contribution in [2.24, 2.45) is 0 Å². The molecule has 2 unspecified atom stereocenters. The Kier molecular flexibility index (Phi) is 8.60. The Hall–Kier alpha value is 0.250. The number of rotatable bonds is 8. The predicted molar refractivity (Wildman–Crippen MR) is 113 cm³/mol. The van der Waals surface area contributed by atoms with Crippen LogP contribution < -0.4 is 0 Å². The molecule has 0 saturated heterocycles. The Bertz CT molecular complexity index is 719. The highest BCUT2D eigenvalue weighted by Gasteiger charge is 2.31. The number of alkyl halides is 2. The second-order valence-electron chi connectivity index (χ2n) is 4.94. The molecule has 0 N–H and O–H groups in total. The molecule has 2 atom stereocenters. The molecule has 0 bridgehead atoms. The summed E-state index contributed by atoms with van der Waals surface area (Å²) in [7, 11) is -3.66. The maximum atomic E-state index is 12.4. The van der Waals surface area contributed by atoms with E-state index in [0.29, 0.717) is 10.0 Å². The summed E-state index contributed by atoms with van der Waals surface area (Å²) < 4.78 is 22.8. The van der Waals surface area contributed by atoms with E-state index < -0.39 is 19.3 Å². The van der Waals surface area contributed by atoms with Crippen LogP contribution in [0, 0.1) is 0 Å². The van der Waals surface area contributed by atoms with Crippen LogP contribution in [0.25, 0.3) is 0 Å². The lowest BCUT2D eigenvalue weighted by Gasteiger charge is -2.15. The van der Waals surface area contributed by atoms with Crippen molar-refractivity contribution in [2.45, 2.75) is 19.2 Å². The van der Waals surface area contributed by atoms with Gasteiger partial charge in [-0.1, -0.05) is 23.2 Å². The Balaban J connectivity index is 1.89.